The van der Waals surface area contributed by atoms with Crippen LogP contribution in [-0.2, 0) is 14.3 Å². The summed E-state index contributed by atoms with van der Waals surface area (Å²) < 4.78 is 4.88. The van der Waals surface area contributed by atoms with E-state index in [1.54, 1.807) is 6.92 Å². The number of Topliss-reactive ketones (excluding diaryl/α,β-unsaturated/α-hetero) is 1. The Morgan fingerprint density at radius 2 is 2.21 bits per heavy atom. The predicted molar refractivity (Wildman–Crippen MR) is 52.8 cm³/mol. The van der Waals surface area contributed by atoms with E-state index >= 15 is 0 Å². The zero-order valence-electron chi connectivity index (χ0n) is 8.91. The molecular weight excluding hydrogens is 180 g/mol. The number of rotatable bonds is 3. The molecule has 0 aromatic heterocycles. The van der Waals surface area contributed by atoms with Crippen molar-refractivity contribution in [3.63, 3.8) is 0 Å². The zero-order chi connectivity index (χ0) is 10.6. The number of esters is 1. The van der Waals surface area contributed by atoms with Crippen LogP contribution < -0.4 is 0 Å². The monoisotopic (exact) mass is 198 g/mol. The third-order valence-corrected chi connectivity index (χ3v) is 2.91. The number of ether oxygens (including phenoxy) is 1. The summed E-state index contributed by atoms with van der Waals surface area (Å²) in [6.45, 7) is 4.23. The van der Waals surface area contributed by atoms with E-state index in [9.17, 15) is 9.59 Å². The second-order valence-corrected chi connectivity index (χ2v) is 3.82. The van der Waals surface area contributed by atoms with Crippen LogP contribution in [0.3, 0.4) is 0 Å². The topological polar surface area (TPSA) is 43.4 Å². The van der Waals surface area contributed by atoms with Crippen molar-refractivity contribution >= 4 is 11.8 Å². The molecule has 2 atom stereocenters. The molecule has 3 nitrogen and oxygen atoms in total. The summed E-state index contributed by atoms with van der Waals surface area (Å²) >= 11 is 0. The first-order valence-corrected chi connectivity index (χ1v) is 5.38. The minimum Gasteiger partial charge on any atom is -0.465 e. The molecule has 0 radical (unpaired) electrons. The fourth-order valence-electron chi connectivity index (χ4n) is 1.94. The summed E-state index contributed by atoms with van der Waals surface area (Å²) in [5.41, 5.74) is 0. The van der Waals surface area contributed by atoms with Gasteiger partial charge in [0.05, 0.1) is 6.61 Å². The Morgan fingerprint density at radius 1 is 1.50 bits per heavy atom. The van der Waals surface area contributed by atoms with Gasteiger partial charge in [0, 0.05) is 6.42 Å². The summed E-state index contributed by atoms with van der Waals surface area (Å²) in [5.74, 6) is -0.223. The fourth-order valence-corrected chi connectivity index (χ4v) is 1.94. The number of carbonyl (C=O) groups is 2. The smallest absolute Gasteiger partial charge is 0.316 e. The van der Waals surface area contributed by atoms with Gasteiger partial charge >= 0.3 is 5.97 Å². The van der Waals surface area contributed by atoms with E-state index in [1.807, 2.05) is 0 Å². The normalized spacial score (nSPS) is 27.4. The maximum absolute atomic E-state index is 11.5. The van der Waals surface area contributed by atoms with Gasteiger partial charge in [-0.15, -0.1) is 0 Å². The van der Waals surface area contributed by atoms with Crippen LogP contribution in [0.15, 0.2) is 0 Å². The van der Waals surface area contributed by atoms with Crippen LogP contribution in [0.4, 0.5) is 0 Å². The first-order chi connectivity index (χ1) is 6.69. The highest BCUT2D eigenvalue weighted by Gasteiger charge is 2.33. The van der Waals surface area contributed by atoms with Crippen LogP contribution in [0.25, 0.3) is 0 Å². The van der Waals surface area contributed by atoms with Crippen LogP contribution in [-0.4, -0.2) is 18.4 Å². The summed E-state index contributed by atoms with van der Waals surface area (Å²) in [5, 5.41) is 0. The number of ketones is 1. The van der Waals surface area contributed by atoms with E-state index in [-0.39, 0.29) is 11.8 Å². The van der Waals surface area contributed by atoms with Crippen LogP contribution in [0.1, 0.15) is 39.5 Å². The van der Waals surface area contributed by atoms with E-state index in [2.05, 4.69) is 6.92 Å². The molecule has 0 heterocycles. The van der Waals surface area contributed by atoms with Gasteiger partial charge in [0.15, 0.2) is 0 Å². The molecule has 0 aromatic carbocycles. The third kappa shape index (κ3) is 2.56. The van der Waals surface area contributed by atoms with Crippen molar-refractivity contribution in [2.24, 2.45) is 11.8 Å². The van der Waals surface area contributed by atoms with Crippen molar-refractivity contribution < 1.29 is 14.3 Å². The van der Waals surface area contributed by atoms with Crippen LogP contribution >= 0.6 is 0 Å². The van der Waals surface area contributed by atoms with E-state index in [1.165, 1.54) is 0 Å². The highest BCUT2D eigenvalue weighted by molar-refractivity contribution is 5.99. The van der Waals surface area contributed by atoms with Crippen molar-refractivity contribution in [2.45, 2.75) is 39.5 Å². The van der Waals surface area contributed by atoms with Crippen LogP contribution in [0.5, 0.6) is 0 Å². The fraction of sp³-hybridized carbons (Fsp3) is 0.818. The highest BCUT2D eigenvalue weighted by atomic mass is 16.5. The van der Waals surface area contributed by atoms with Gasteiger partial charge < -0.3 is 4.74 Å². The molecule has 0 amide bonds. The van der Waals surface area contributed by atoms with Gasteiger partial charge in [-0.05, 0) is 25.7 Å². The van der Waals surface area contributed by atoms with Crippen LogP contribution in [0, 0.1) is 11.8 Å². The Bertz CT molecular complexity index is 223. The number of carbonyl (C=O) groups excluding carboxylic acids is 2. The van der Waals surface area contributed by atoms with Crippen molar-refractivity contribution in [1.29, 1.82) is 0 Å². The lowest BCUT2D eigenvalue weighted by Gasteiger charge is -2.25. The molecule has 1 aliphatic carbocycles. The molecule has 1 aliphatic rings. The van der Waals surface area contributed by atoms with Gasteiger partial charge in [0.25, 0.3) is 0 Å². The average Bonchev–Trinajstić information content (AvgIpc) is 2.19. The van der Waals surface area contributed by atoms with Gasteiger partial charge in [0.2, 0.25) is 0 Å². The largest absolute Gasteiger partial charge is 0.465 e. The lowest BCUT2D eigenvalue weighted by Crippen LogP contribution is -2.32. The average molecular weight is 198 g/mol. The van der Waals surface area contributed by atoms with Gasteiger partial charge in [0.1, 0.15) is 11.7 Å². The minimum atomic E-state index is -0.478. The lowest BCUT2D eigenvalue weighted by molar-refractivity contribution is -0.153. The summed E-state index contributed by atoms with van der Waals surface area (Å²) in [6, 6.07) is 0. The summed E-state index contributed by atoms with van der Waals surface area (Å²) in [4.78, 5) is 22.9. The van der Waals surface area contributed by atoms with E-state index < -0.39 is 5.92 Å². The zero-order valence-corrected chi connectivity index (χ0v) is 8.91. The number of hydrogen-bond acceptors (Lipinski definition) is 3. The summed E-state index contributed by atoms with van der Waals surface area (Å²) in [6.07, 6.45) is 3.21. The Morgan fingerprint density at radius 3 is 2.79 bits per heavy atom. The first kappa shape index (κ1) is 11.2. The van der Waals surface area contributed by atoms with E-state index in [0.29, 0.717) is 25.4 Å². The highest BCUT2D eigenvalue weighted by Crippen LogP contribution is 2.29. The molecule has 1 fully saturated rings. The maximum atomic E-state index is 11.5. The van der Waals surface area contributed by atoms with Gasteiger partial charge in [-0.2, -0.15) is 0 Å². The quantitative estimate of drug-likeness (QED) is 0.514. The maximum Gasteiger partial charge on any atom is 0.316 e. The first-order valence-electron chi connectivity index (χ1n) is 5.38. The predicted octanol–water partition coefficient (Wildman–Crippen LogP) is 1.94. The minimum absolute atomic E-state index is 0.0631. The molecule has 14 heavy (non-hydrogen) atoms. The standard InChI is InChI=1S/C11H18O3/c1-3-8-5-6-10(12)9(7-8)11(13)14-4-2/h8-9H,3-7H2,1-2H3. The molecule has 2 unspecified atom stereocenters. The van der Waals surface area contributed by atoms with E-state index in [4.69, 9.17) is 4.74 Å². The van der Waals surface area contributed by atoms with Crippen molar-refractivity contribution in [2.75, 3.05) is 6.61 Å². The van der Waals surface area contributed by atoms with Crippen molar-refractivity contribution in [3.8, 4) is 0 Å². The second-order valence-electron chi connectivity index (χ2n) is 3.82. The molecule has 0 spiro atoms. The van der Waals surface area contributed by atoms with E-state index in [0.717, 1.165) is 12.8 Å². The molecule has 0 bridgehead atoms. The molecule has 80 valence electrons. The molecule has 0 aromatic rings. The third-order valence-electron chi connectivity index (χ3n) is 2.91. The SMILES string of the molecule is CCOC(=O)C1CC(CC)CCC1=O. The molecule has 3 heteroatoms. The van der Waals surface area contributed by atoms with Crippen molar-refractivity contribution in [1.82, 2.24) is 0 Å². The van der Waals surface area contributed by atoms with Gasteiger partial charge in [-0.3, -0.25) is 9.59 Å². The van der Waals surface area contributed by atoms with Crippen molar-refractivity contribution in [3.05, 3.63) is 0 Å². The molecule has 0 aliphatic heterocycles. The van der Waals surface area contributed by atoms with Crippen LogP contribution in [0.2, 0.25) is 0 Å². The second kappa shape index (κ2) is 5.13. The summed E-state index contributed by atoms with van der Waals surface area (Å²) in [7, 11) is 0. The molecule has 0 saturated heterocycles. The molecule has 0 N–H and O–H groups in total. The molecular formula is C11H18O3. The number of hydrogen-bond donors (Lipinski definition) is 0. The molecule has 1 saturated carbocycles. The Kier molecular flexibility index (Phi) is 4.11. The Hall–Kier alpha value is -0.860. The lowest BCUT2D eigenvalue weighted by atomic mass is 9.79. The van der Waals surface area contributed by atoms with Gasteiger partial charge in [-0.1, -0.05) is 13.3 Å². The Balaban J connectivity index is 2.56. The Labute approximate surface area is 84.8 Å². The molecule has 1 rings (SSSR count). The van der Waals surface area contributed by atoms with Gasteiger partial charge in [-0.25, -0.2) is 0 Å².